The highest BCUT2D eigenvalue weighted by Gasteiger charge is 2.07. The van der Waals surface area contributed by atoms with Crippen molar-refractivity contribution in [1.29, 1.82) is 0 Å². The Hall–Kier alpha value is -1.26. The standard InChI is InChI=1S/C9H17NO4/c1-7(2)8(11)14-6-4-5-10-9(12)13-3/h7H,4-6H2,1-3H3,(H,10,12). The van der Waals surface area contributed by atoms with Gasteiger partial charge in [0.25, 0.3) is 0 Å². The maximum absolute atomic E-state index is 11.0. The minimum absolute atomic E-state index is 0.108. The fourth-order valence-corrected chi connectivity index (χ4v) is 0.674. The van der Waals surface area contributed by atoms with Crippen LogP contribution in [0.2, 0.25) is 0 Å². The molecular formula is C9H17NO4. The van der Waals surface area contributed by atoms with Gasteiger partial charge in [0.2, 0.25) is 0 Å². The first-order valence-corrected chi connectivity index (χ1v) is 4.56. The van der Waals surface area contributed by atoms with E-state index in [1.807, 2.05) is 0 Å². The van der Waals surface area contributed by atoms with E-state index < -0.39 is 6.09 Å². The molecule has 14 heavy (non-hydrogen) atoms. The highest BCUT2D eigenvalue weighted by Crippen LogP contribution is 1.95. The molecule has 0 fully saturated rings. The van der Waals surface area contributed by atoms with Crippen molar-refractivity contribution < 1.29 is 19.1 Å². The normalized spacial score (nSPS) is 9.71. The van der Waals surface area contributed by atoms with E-state index in [9.17, 15) is 9.59 Å². The Morgan fingerprint density at radius 1 is 1.36 bits per heavy atom. The van der Waals surface area contributed by atoms with Gasteiger partial charge in [-0.05, 0) is 6.42 Å². The van der Waals surface area contributed by atoms with Crippen molar-refractivity contribution in [2.75, 3.05) is 20.3 Å². The lowest BCUT2D eigenvalue weighted by Gasteiger charge is -2.07. The molecule has 0 saturated heterocycles. The molecule has 0 rings (SSSR count). The van der Waals surface area contributed by atoms with Gasteiger partial charge in [0.05, 0.1) is 19.6 Å². The molecule has 1 amide bonds. The fourth-order valence-electron chi connectivity index (χ4n) is 0.674. The Balaban J connectivity index is 3.30. The summed E-state index contributed by atoms with van der Waals surface area (Å²) in [6, 6.07) is 0. The summed E-state index contributed by atoms with van der Waals surface area (Å²) in [5.41, 5.74) is 0. The topological polar surface area (TPSA) is 64.6 Å². The van der Waals surface area contributed by atoms with Gasteiger partial charge in [-0.15, -0.1) is 0 Å². The highest BCUT2D eigenvalue weighted by atomic mass is 16.5. The summed E-state index contributed by atoms with van der Waals surface area (Å²) in [6.07, 6.45) is 0.119. The third kappa shape index (κ3) is 6.28. The molecule has 0 radical (unpaired) electrons. The molecule has 0 aliphatic carbocycles. The predicted molar refractivity (Wildman–Crippen MR) is 50.8 cm³/mol. The van der Waals surface area contributed by atoms with E-state index in [0.29, 0.717) is 19.6 Å². The second-order valence-electron chi connectivity index (χ2n) is 3.09. The molecule has 0 bridgehead atoms. The number of hydrogen-bond donors (Lipinski definition) is 1. The third-order valence-corrected chi connectivity index (χ3v) is 1.49. The van der Waals surface area contributed by atoms with Gasteiger partial charge in [0.1, 0.15) is 0 Å². The molecule has 0 aromatic carbocycles. The lowest BCUT2D eigenvalue weighted by molar-refractivity contribution is -0.147. The van der Waals surface area contributed by atoms with E-state index in [4.69, 9.17) is 4.74 Å². The van der Waals surface area contributed by atoms with Crippen LogP contribution in [-0.2, 0) is 14.3 Å². The number of ether oxygens (including phenoxy) is 2. The molecule has 5 nitrogen and oxygen atoms in total. The Bertz CT molecular complexity index is 191. The number of esters is 1. The van der Waals surface area contributed by atoms with E-state index in [1.165, 1.54) is 7.11 Å². The molecule has 1 N–H and O–H groups in total. The Labute approximate surface area is 83.8 Å². The van der Waals surface area contributed by atoms with Crippen molar-refractivity contribution in [3.05, 3.63) is 0 Å². The maximum Gasteiger partial charge on any atom is 0.406 e. The molecule has 0 aliphatic rings. The maximum atomic E-state index is 11.0. The van der Waals surface area contributed by atoms with E-state index in [2.05, 4.69) is 10.1 Å². The van der Waals surface area contributed by atoms with Crippen molar-refractivity contribution in [2.24, 2.45) is 5.92 Å². The summed E-state index contributed by atoms with van der Waals surface area (Å²) in [4.78, 5) is 21.5. The molecule has 0 aromatic rings. The van der Waals surface area contributed by atoms with Crippen LogP contribution in [0, 0.1) is 5.92 Å². The van der Waals surface area contributed by atoms with E-state index in [0.717, 1.165) is 0 Å². The fraction of sp³-hybridized carbons (Fsp3) is 0.778. The average molecular weight is 203 g/mol. The lowest BCUT2D eigenvalue weighted by atomic mass is 10.2. The van der Waals surface area contributed by atoms with E-state index >= 15 is 0 Å². The van der Waals surface area contributed by atoms with Gasteiger partial charge < -0.3 is 14.8 Å². The van der Waals surface area contributed by atoms with Gasteiger partial charge in [0, 0.05) is 6.54 Å². The molecule has 0 aliphatic heterocycles. The van der Waals surface area contributed by atoms with Crippen LogP contribution in [0.3, 0.4) is 0 Å². The predicted octanol–water partition coefficient (Wildman–Crippen LogP) is 0.932. The molecule has 82 valence electrons. The summed E-state index contributed by atoms with van der Waals surface area (Å²) in [5, 5.41) is 2.48. The summed E-state index contributed by atoms with van der Waals surface area (Å²) in [5.74, 6) is -0.327. The highest BCUT2D eigenvalue weighted by molar-refractivity contribution is 5.71. The van der Waals surface area contributed by atoms with Crippen LogP contribution >= 0.6 is 0 Å². The molecule has 0 spiro atoms. The van der Waals surface area contributed by atoms with Crippen LogP contribution in [-0.4, -0.2) is 32.3 Å². The van der Waals surface area contributed by atoms with Crippen LogP contribution < -0.4 is 5.32 Å². The van der Waals surface area contributed by atoms with Gasteiger partial charge in [0.15, 0.2) is 0 Å². The second kappa shape index (κ2) is 7.17. The monoisotopic (exact) mass is 203 g/mol. The number of nitrogens with one attached hydrogen (secondary N) is 1. The van der Waals surface area contributed by atoms with Crippen LogP contribution in [0.4, 0.5) is 4.79 Å². The molecular weight excluding hydrogens is 186 g/mol. The molecule has 0 atom stereocenters. The van der Waals surface area contributed by atoms with Crippen molar-refractivity contribution in [2.45, 2.75) is 20.3 Å². The SMILES string of the molecule is COC(=O)NCCCOC(=O)C(C)C. The molecule has 0 saturated carbocycles. The van der Waals surface area contributed by atoms with Crippen molar-refractivity contribution in [3.63, 3.8) is 0 Å². The zero-order valence-electron chi connectivity index (χ0n) is 8.83. The number of methoxy groups -OCH3 is 1. The molecule has 5 heteroatoms. The Morgan fingerprint density at radius 3 is 2.50 bits per heavy atom. The number of rotatable bonds is 5. The van der Waals surface area contributed by atoms with Crippen LogP contribution in [0.15, 0.2) is 0 Å². The molecule has 0 unspecified atom stereocenters. The van der Waals surface area contributed by atoms with E-state index in [1.54, 1.807) is 13.8 Å². The van der Waals surface area contributed by atoms with Crippen molar-refractivity contribution >= 4 is 12.1 Å². The smallest absolute Gasteiger partial charge is 0.406 e. The summed E-state index contributed by atoms with van der Waals surface area (Å²) < 4.78 is 9.25. The first-order chi connectivity index (χ1) is 6.57. The average Bonchev–Trinajstić information content (AvgIpc) is 2.16. The van der Waals surface area contributed by atoms with Gasteiger partial charge >= 0.3 is 12.1 Å². The largest absolute Gasteiger partial charge is 0.465 e. The first-order valence-electron chi connectivity index (χ1n) is 4.56. The summed E-state index contributed by atoms with van der Waals surface area (Å²) in [7, 11) is 1.30. The third-order valence-electron chi connectivity index (χ3n) is 1.49. The number of carbonyl (C=O) groups is 2. The zero-order chi connectivity index (χ0) is 11.0. The molecule has 0 heterocycles. The zero-order valence-corrected chi connectivity index (χ0v) is 8.83. The first kappa shape index (κ1) is 12.7. The van der Waals surface area contributed by atoms with Crippen LogP contribution in [0.5, 0.6) is 0 Å². The Kier molecular flexibility index (Phi) is 6.53. The minimum Gasteiger partial charge on any atom is -0.465 e. The van der Waals surface area contributed by atoms with Crippen molar-refractivity contribution in [3.8, 4) is 0 Å². The van der Waals surface area contributed by atoms with Crippen LogP contribution in [0.1, 0.15) is 20.3 Å². The Morgan fingerprint density at radius 2 is 2.00 bits per heavy atom. The molecule has 0 aromatic heterocycles. The number of carbonyl (C=O) groups excluding carboxylic acids is 2. The van der Waals surface area contributed by atoms with Crippen molar-refractivity contribution in [1.82, 2.24) is 5.32 Å². The van der Waals surface area contributed by atoms with Gasteiger partial charge in [-0.3, -0.25) is 4.79 Å². The summed E-state index contributed by atoms with van der Waals surface area (Å²) in [6.45, 7) is 4.31. The lowest BCUT2D eigenvalue weighted by Crippen LogP contribution is -2.25. The van der Waals surface area contributed by atoms with Gasteiger partial charge in [-0.1, -0.05) is 13.8 Å². The van der Waals surface area contributed by atoms with E-state index in [-0.39, 0.29) is 11.9 Å². The quantitative estimate of drug-likeness (QED) is 0.533. The minimum atomic E-state index is -0.472. The number of hydrogen-bond acceptors (Lipinski definition) is 4. The number of amides is 1. The summed E-state index contributed by atoms with van der Waals surface area (Å²) >= 11 is 0. The van der Waals surface area contributed by atoms with Crippen LogP contribution in [0.25, 0.3) is 0 Å². The second-order valence-corrected chi connectivity index (χ2v) is 3.09. The van der Waals surface area contributed by atoms with Gasteiger partial charge in [-0.2, -0.15) is 0 Å². The van der Waals surface area contributed by atoms with Gasteiger partial charge in [-0.25, -0.2) is 4.79 Å². The number of alkyl carbamates (subject to hydrolysis) is 1.